The average molecular weight is 288 g/mol. The van der Waals surface area contributed by atoms with Gasteiger partial charge in [-0.25, -0.2) is 4.90 Å². The Morgan fingerprint density at radius 1 is 0.905 bits per heavy atom. The number of benzene rings is 2. The molecule has 0 amide bonds. The van der Waals surface area contributed by atoms with Gasteiger partial charge in [-0.2, -0.15) is 8.78 Å². The first kappa shape index (κ1) is 14.2. The van der Waals surface area contributed by atoms with E-state index in [2.05, 4.69) is 5.32 Å². The molecule has 1 heterocycles. The van der Waals surface area contributed by atoms with E-state index >= 15 is 0 Å². The Bertz CT molecular complexity index is 532. The zero-order valence-corrected chi connectivity index (χ0v) is 11.7. The van der Waals surface area contributed by atoms with E-state index in [1.807, 2.05) is 60.7 Å². The fourth-order valence-corrected chi connectivity index (χ4v) is 2.84. The molecule has 0 unspecified atom stereocenters. The summed E-state index contributed by atoms with van der Waals surface area (Å²) >= 11 is 0. The highest BCUT2D eigenvalue weighted by Crippen LogP contribution is 2.36. The van der Waals surface area contributed by atoms with Crippen molar-refractivity contribution in [1.29, 1.82) is 0 Å². The van der Waals surface area contributed by atoms with Crippen molar-refractivity contribution in [2.45, 2.75) is 12.1 Å². The second kappa shape index (κ2) is 5.92. The van der Waals surface area contributed by atoms with Gasteiger partial charge in [0.05, 0.1) is 12.6 Å². The highest BCUT2D eigenvalue weighted by molar-refractivity contribution is 5.32. The normalized spacial score (nSPS) is 18.8. The summed E-state index contributed by atoms with van der Waals surface area (Å²) in [6.07, 6.45) is 0. The molecule has 1 N–H and O–H groups in total. The number of rotatable bonds is 3. The lowest BCUT2D eigenvalue weighted by Crippen LogP contribution is -2.57. The standard InChI is InChI=1S/C17H18F2N2/c18-17(19)13-20-11-12-21(17)16(14-7-3-1-4-8-14)15-9-5-2-6-10-15/h1-10,16,20H,11-13H2. The SMILES string of the molecule is FC1(F)CNCCN1C(c1ccccc1)c1ccccc1. The highest BCUT2D eigenvalue weighted by atomic mass is 19.3. The number of nitrogens with zero attached hydrogens (tertiary/aromatic N) is 1. The van der Waals surface area contributed by atoms with Gasteiger partial charge in [-0.05, 0) is 11.1 Å². The van der Waals surface area contributed by atoms with Crippen LogP contribution in [-0.4, -0.2) is 30.6 Å². The van der Waals surface area contributed by atoms with Gasteiger partial charge >= 0.3 is 6.05 Å². The molecule has 0 radical (unpaired) electrons. The maximum Gasteiger partial charge on any atom is 0.318 e. The van der Waals surface area contributed by atoms with E-state index in [9.17, 15) is 8.78 Å². The third-order valence-corrected chi connectivity index (χ3v) is 3.83. The molecule has 2 nitrogen and oxygen atoms in total. The van der Waals surface area contributed by atoms with Gasteiger partial charge in [0.15, 0.2) is 0 Å². The summed E-state index contributed by atoms with van der Waals surface area (Å²) in [6, 6.07) is 15.8. The molecule has 2 aromatic carbocycles. The molecule has 0 bridgehead atoms. The molecule has 0 atom stereocenters. The molecule has 0 aromatic heterocycles. The minimum atomic E-state index is -2.85. The van der Waals surface area contributed by atoms with Gasteiger partial charge in [0, 0.05) is 13.1 Å². The van der Waals surface area contributed by atoms with E-state index in [4.69, 9.17) is 0 Å². The Morgan fingerprint density at radius 3 is 1.90 bits per heavy atom. The largest absolute Gasteiger partial charge is 0.318 e. The number of halogens is 2. The summed E-state index contributed by atoms with van der Waals surface area (Å²) in [5, 5.41) is 2.77. The van der Waals surface area contributed by atoms with Gasteiger partial charge in [0.2, 0.25) is 0 Å². The van der Waals surface area contributed by atoms with Crippen LogP contribution < -0.4 is 5.32 Å². The monoisotopic (exact) mass is 288 g/mol. The topological polar surface area (TPSA) is 15.3 Å². The second-order valence-corrected chi connectivity index (χ2v) is 5.26. The minimum absolute atomic E-state index is 0.302. The van der Waals surface area contributed by atoms with Crippen LogP contribution in [0.25, 0.3) is 0 Å². The Kier molecular flexibility index (Phi) is 3.99. The first-order valence-corrected chi connectivity index (χ1v) is 7.14. The second-order valence-electron chi connectivity index (χ2n) is 5.26. The van der Waals surface area contributed by atoms with Gasteiger partial charge in [0.25, 0.3) is 0 Å². The van der Waals surface area contributed by atoms with Gasteiger partial charge in [-0.15, -0.1) is 0 Å². The van der Waals surface area contributed by atoms with Crippen LogP contribution >= 0.6 is 0 Å². The van der Waals surface area contributed by atoms with Crippen LogP contribution in [0, 0.1) is 0 Å². The van der Waals surface area contributed by atoms with Gasteiger partial charge in [-0.1, -0.05) is 60.7 Å². The molecule has 0 spiro atoms. The lowest BCUT2D eigenvalue weighted by Gasteiger charge is -2.41. The van der Waals surface area contributed by atoms with Crippen molar-refractivity contribution in [2.75, 3.05) is 19.6 Å². The Hall–Kier alpha value is -1.78. The Morgan fingerprint density at radius 2 is 1.43 bits per heavy atom. The van der Waals surface area contributed by atoms with Gasteiger partial charge < -0.3 is 5.32 Å². The molecular formula is C17H18F2N2. The summed E-state index contributed by atoms with van der Waals surface area (Å²) in [5.41, 5.74) is 1.79. The van der Waals surface area contributed by atoms with Crippen LogP contribution in [-0.2, 0) is 0 Å². The number of hydrogen-bond donors (Lipinski definition) is 1. The molecule has 0 saturated carbocycles. The predicted molar refractivity (Wildman–Crippen MR) is 79.2 cm³/mol. The van der Waals surface area contributed by atoms with E-state index in [1.165, 1.54) is 4.90 Å². The number of piperazine rings is 1. The number of nitrogens with one attached hydrogen (secondary N) is 1. The summed E-state index contributed by atoms with van der Waals surface area (Å²) in [6.45, 7) is 0.594. The lowest BCUT2D eigenvalue weighted by atomic mass is 9.96. The van der Waals surface area contributed by atoms with E-state index in [0.29, 0.717) is 13.1 Å². The van der Waals surface area contributed by atoms with Crippen LogP contribution in [0.1, 0.15) is 17.2 Å². The molecule has 4 heteroatoms. The van der Waals surface area contributed by atoms with Crippen molar-refractivity contribution in [1.82, 2.24) is 10.2 Å². The zero-order valence-electron chi connectivity index (χ0n) is 11.7. The van der Waals surface area contributed by atoms with E-state index in [0.717, 1.165) is 11.1 Å². The van der Waals surface area contributed by atoms with Crippen molar-refractivity contribution >= 4 is 0 Å². The summed E-state index contributed by atoms with van der Waals surface area (Å²) < 4.78 is 28.7. The lowest BCUT2D eigenvalue weighted by molar-refractivity contribution is -0.169. The molecule has 1 aliphatic rings. The molecule has 1 aliphatic heterocycles. The third kappa shape index (κ3) is 2.96. The van der Waals surface area contributed by atoms with Crippen molar-refractivity contribution in [2.24, 2.45) is 0 Å². The number of alkyl halides is 2. The van der Waals surface area contributed by atoms with Crippen molar-refractivity contribution in [3.8, 4) is 0 Å². The van der Waals surface area contributed by atoms with Crippen LogP contribution in [0.2, 0.25) is 0 Å². The summed E-state index contributed by atoms with van der Waals surface area (Å²) in [7, 11) is 0. The van der Waals surface area contributed by atoms with E-state index < -0.39 is 12.1 Å². The van der Waals surface area contributed by atoms with Crippen LogP contribution in [0.15, 0.2) is 60.7 Å². The summed E-state index contributed by atoms with van der Waals surface area (Å²) in [4.78, 5) is 1.30. The summed E-state index contributed by atoms with van der Waals surface area (Å²) in [5.74, 6) is 0. The van der Waals surface area contributed by atoms with Crippen LogP contribution in [0.4, 0.5) is 8.78 Å². The van der Waals surface area contributed by atoms with Gasteiger partial charge in [-0.3, -0.25) is 0 Å². The van der Waals surface area contributed by atoms with Crippen molar-refractivity contribution in [3.05, 3.63) is 71.8 Å². The fraction of sp³-hybridized carbons (Fsp3) is 0.294. The molecule has 21 heavy (non-hydrogen) atoms. The number of hydrogen-bond acceptors (Lipinski definition) is 2. The van der Waals surface area contributed by atoms with Crippen LogP contribution in [0.5, 0.6) is 0 Å². The molecule has 110 valence electrons. The van der Waals surface area contributed by atoms with Crippen LogP contribution in [0.3, 0.4) is 0 Å². The quantitative estimate of drug-likeness (QED) is 0.872. The van der Waals surface area contributed by atoms with Crippen molar-refractivity contribution < 1.29 is 8.78 Å². The van der Waals surface area contributed by atoms with Gasteiger partial charge in [0.1, 0.15) is 0 Å². The Labute approximate surface area is 123 Å². The Balaban J connectivity index is 2.04. The minimum Gasteiger partial charge on any atom is -0.309 e. The molecule has 1 saturated heterocycles. The molecule has 1 fully saturated rings. The average Bonchev–Trinajstić information content (AvgIpc) is 2.51. The molecular weight excluding hydrogens is 270 g/mol. The first-order valence-electron chi connectivity index (χ1n) is 7.14. The molecule has 2 aromatic rings. The first-order chi connectivity index (χ1) is 10.2. The maximum absolute atomic E-state index is 14.4. The fourth-order valence-electron chi connectivity index (χ4n) is 2.84. The maximum atomic E-state index is 14.4. The van der Waals surface area contributed by atoms with Crippen molar-refractivity contribution in [3.63, 3.8) is 0 Å². The van der Waals surface area contributed by atoms with E-state index in [1.54, 1.807) is 0 Å². The smallest absolute Gasteiger partial charge is 0.309 e. The third-order valence-electron chi connectivity index (χ3n) is 3.83. The highest BCUT2D eigenvalue weighted by Gasteiger charge is 2.44. The predicted octanol–water partition coefficient (Wildman–Crippen LogP) is 3.27. The zero-order chi connectivity index (χ0) is 14.7. The molecule has 0 aliphatic carbocycles. The molecule has 3 rings (SSSR count). The van der Waals surface area contributed by atoms with E-state index in [-0.39, 0.29) is 6.54 Å².